The summed E-state index contributed by atoms with van der Waals surface area (Å²) >= 11 is 0. The molecule has 1 rings (SSSR count). The van der Waals surface area contributed by atoms with Crippen LogP contribution in [0.1, 0.15) is 20.7 Å². The maximum Gasteiger partial charge on any atom is 1.00 e. The van der Waals surface area contributed by atoms with Gasteiger partial charge >= 0.3 is 38.2 Å². The van der Waals surface area contributed by atoms with E-state index in [1.807, 2.05) is 0 Å². The summed E-state index contributed by atoms with van der Waals surface area (Å²) < 4.78 is 0. The molecule has 0 radical (unpaired) electrons. The molecule has 0 atom stereocenters. The predicted molar refractivity (Wildman–Crippen MR) is 46.7 cm³/mol. The molecule has 0 aromatic carbocycles. The Morgan fingerprint density at radius 2 is 1.36 bits per heavy atom. The van der Waals surface area contributed by atoms with Crippen LogP contribution in [0.15, 0.2) is 0 Å². The third-order valence-electron chi connectivity index (χ3n) is 1.50. The van der Waals surface area contributed by atoms with Crippen molar-refractivity contribution in [2.75, 3.05) is 0 Å². The van der Waals surface area contributed by atoms with Gasteiger partial charge in [0.15, 0.2) is 0 Å². The van der Waals surface area contributed by atoms with E-state index in [2.05, 4.69) is 0 Å². The Morgan fingerprint density at radius 1 is 1.00 bits per heavy atom. The minimum absolute atomic E-state index is 0. The van der Waals surface area contributed by atoms with E-state index in [4.69, 9.17) is 14.7 Å². The first-order chi connectivity index (χ1) is 4.73. The van der Waals surface area contributed by atoms with Crippen LogP contribution in [0.5, 0.6) is 0 Å². The Labute approximate surface area is 94.8 Å². The maximum atomic E-state index is 7.23. The molecule has 0 aromatic heterocycles. The topological polar surface area (TPSA) is 60.7 Å². The molecule has 1 aliphatic rings. The molecule has 1 fully saturated rings. The van der Waals surface area contributed by atoms with Crippen molar-refractivity contribution in [1.82, 2.24) is 0 Å². The van der Waals surface area contributed by atoms with Gasteiger partial charge in [-0.05, 0) is 0 Å². The second-order valence-corrected chi connectivity index (χ2v) is 5.05. The maximum absolute atomic E-state index is 7.23. The molecular weight excluding hydrogens is 190 g/mol. The van der Waals surface area contributed by atoms with E-state index < -0.39 is 8.60 Å². The first-order valence-corrected chi connectivity index (χ1v) is 6.80. The minimum Gasteiger partial charge on any atom is -1.00 e. The van der Waals surface area contributed by atoms with Gasteiger partial charge in [0.05, 0.1) is 0 Å². The largest absolute Gasteiger partial charge is 1.00 e. The number of hydrogen-bond donors (Lipinski definition) is 3. The zero-order valence-corrected chi connectivity index (χ0v) is 11.3. The molecule has 1 saturated heterocycles. The fraction of sp³-hybridized carbons (Fsp3) is 1.00. The van der Waals surface area contributed by atoms with Crippen LogP contribution >= 0.6 is 8.60 Å². The second kappa shape index (κ2) is 11.5. The normalized spacial score (nSPS) is 16.4. The smallest absolute Gasteiger partial charge is 1.00 e. The molecule has 11 heavy (non-hydrogen) atoms. The van der Waals surface area contributed by atoms with Gasteiger partial charge in [0.2, 0.25) is 0 Å². The third kappa shape index (κ3) is 18.5. The van der Waals surface area contributed by atoms with Crippen LogP contribution in [0.4, 0.5) is 0 Å². The van der Waals surface area contributed by atoms with E-state index in [9.17, 15) is 0 Å². The summed E-state index contributed by atoms with van der Waals surface area (Å²) in [7, 11) is -2.11. The molecule has 1 aliphatic heterocycles. The molecular formula is C5H16NaO3PSi. The van der Waals surface area contributed by atoms with Gasteiger partial charge in [0, 0.05) is 9.52 Å². The Hall–Kier alpha value is 1.53. The van der Waals surface area contributed by atoms with Gasteiger partial charge in [-0.15, -0.1) is 0 Å². The molecule has 0 spiro atoms. The Morgan fingerprint density at radius 3 is 1.45 bits per heavy atom. The molecule has 64 valence electrons. The molecule has 0 unspecified atom stereocenters. The van der Waals surface area contributed by atoms with E-state index in [-0.39, 0.29) is 31.0 Å². The van der Waals surface area contributed by atoms with Gasteiger partial charge in [0.1, 0.15) is 0 Å². The van der Waals surface area contributed by atoms with E-state index in [0.717, 1.165) is 0 Å². The Balaban J connectivity index is -0.000000124. The third-order valence-corrected chi connectivity index (χ3v) is 3.50. The summed E-state index contributed by atoms with van der Waals surface area (Å²) in [5.41, 5.74) is 0. The first-order valence-electron chi connectivity index (χ1n) is 3.60. The van der Waals surface area contributed by atoms with Crippen molar-refractivity contribution < 1.29 is 45.7 Å². The van der Waals surface area contributed by atoms with E-state index in [1.165, 1.54) is 6.42 Å². The SMILES string of the molecule is C1CC[SiH2]CC1.OP(O)O.[H-].[Na+]. The van der Waals surface area contributed by atoms with Crippen LogP contribution in [0.25, 0.3) is 0 Å². The molecule has 3 N–H and O–H groups in total. The first kappa shape index (κ1) is 15.0. The molecule has 0 bridgehead atoms. The average Bonchev–Trinajstić information content (AvgIpc) is 1.90. The van der Waals surface area contributed by atoms with Crippen LogP contribution in [0.2, 0.25) is 12.1 Å². The molecule has 0 aliphatic carbocycles. The van der Waals surface area contributed by atoms with E-state index >= 15 is 0 Å². The van der Waals surface area contributed by atoms with Gasteiger partial charge in [-0.25, -0.2) is 0 Å². The second-order valence-electron chi connectivity index (χ2n) is 2.39. The average molecular weight is 206 g/mol. The molecule has 3 nitrogen and oxygen atoms in total. The van der Waals surface area contributed by atoms with Crippen molar-refractivity contribution in [3.8, 4) is 0 Å². The van der Waals surface area contributed by atoms with Crippen LogP contribution in [0.3, 0.4) is 0 Å². The zero-order valence-electron chi connectivity index (χ0n) is 8.03. The molecule has 1 heterocycles. The summed E-state index contributed by atoms with van der Waals surface area (Å²) in [6, 6.07) is 3.28. The van der Waals surface area contributed by atoms with Gasteiger partial charge in [-0.3, -0.25) is 0 Å². The molecule has 6 heteroatoms. The summed E-state index contributed by atoms with van der Waals surface area (Å²) in [5.74, 6) is 0. The van der Waals surface area contributed by atoms with Crippen molar-refractivity contribution in [2.45, 2.75) is 31.4 Å². The van der Waals surface area contributed by atoms with Crippen molar-refractivity contribution in [3.05, 3.63) is 0 Å². The minimum atomic E-state index is -2.62. The van der Waals surface area contributed by atoms with Crippen molar-refractivity contribution in [3.63, 3.8) is 0 Å². The molecule has 0 amide bonds. The molecule has 0 saturated carbocycles. The van der Waals surface area contributed by atoms with E-state index in [1.54, 1.807) is 24.9 Å². The number of rotatable bonds is 0. The quantitative estimate of drug-likeness (QED) is 0.303. The van der Waals surface area contributed by atoms with Crippen molar-refractivity contribution in [1.29, 1.82) is 0 Å². The van der Waals surface area contributed by atoms with Gasteiger partial charge < -0.3 is 16.1 Å². The van der Waals surface area contributed by atoms with Crippen molar-refractivity contribution >= 4 is 18.1 Å². The van der Waals surface area contributed by atoms with Crippen LogP contribution in [0, 0.1) is 0 Å². The van der Waals surface area contributed by atoms with Crippen LogP contribution in [-0.4, -0.2) is 24.2 Å². The summed E-state index contributed by atoms with van der Waals surface area (Å²) in [5, 5.41) is 0. The summed E-state index contributed by atoms with van der Waals surface area (Å²) in [4.78, 5) is 21.7. The monoisotopic (exact) mass is 206 g/mol. The summed E-state index contributed by atoms with van der Waals surface area (Å²) in [6.07, 6.45) is 4.66. The Bertz CT molecular complexity index is 63.4. The fourth-order valence-corrected chi connectivity index (χ4v) is 2.83. The number of hydrogen-bond acceptors (Lipinski definition) is 3. The zero-order chi connectivity index (χ0) is 7.82. The fourth-order valence-electron chi connectivity index (χ4n) is 1.06. The summed E-state index contributed by atoms with van der Waals surface area (Å²) in [6.45, 7) is 0. The van der Waals surface area contributed by atoms with Crippen LogP contribution < -0.4 is 29.6 Å². The van der Waals surface area contributed by atoms with Crippen molar-refractivity contribution in [2.24, 2.45) is 0 Å². The van der Waals surface area contributed by atoms with E-state index in [0.29, 0.717) is 9.52 Å². The predicted octanol–water partition coefficient (Wildman–Crippen LogP) is -2.52. The molecule has 0 aromatic rings. The standard InChI is InChI=1S/C5H12Si.Na.H3O3P.H/c1-2-4-6-5-3-1;;1-4(2)3;/h1-6H2;;1-3H;/q;+1;;-1. The van der Waals surface area contributed by atoms with Gasteiger partial charge in [-0.1, -0.05) is 31.4 Å². The Kier molecular flexibility index (Phi) is 15.7. The van der Waals surface area contributed by atoms with Crippen LogP contribution in [-0.2, 0) is 0 Å². The van der Waals surface area contributed by atoms with Gasteiger partial charge in [0.25, 0.3) is 0 Å². The van der Waals surface area contributed by atoms with Gasteiger partial charge in [-0.2, -0.15) is 0 Å².